The van der Waals surface area contributed by atoms with Crippen LogP contribution >= 0.6 is 0 Å². The summed E-state index contributed by atoms with van der Waals surface area (Å²) in [5, 5.41) is 9.38. The molecule has 5 rings (SSSR count). The van der Waals surface area contributed by atoms with Crippen molar-refractivity contribution in [2.75, 3.05) is 0 Å². The lowest BCUT2D eigenvalue weighted by Crippen LogP contribution is -2.40. The third-order valence-corrected chi connectivity index (χ3v) is 6.28. The van der Waals surface area contributed by atoms with E-state index in [-0.39, 0.29) is 6.04 Å². The predicted octanol–water partition coefficient (Wildman–Crippen LogP) is 6.38. The van der Waals surface area contributed by atoms with E-state index >= 15 is 0 Å². The SMILES string of the molecule is N#Cc1ccc(C(n2ccnc2)C(c2ccccc2)(c2ccccc2)c2ccccc2)cc1. The first-order valence-electron chi connectivity index (χ1n) is 11.0. The number of rotatable bonds is 6. The van der Waals surface area contributed by atoms with E-state index in [1.165, 1.54) is 16.7 Å². The Morgan fingerprint density at radius 1 is 0.667 bits per heavy atom. The third kappa shape index (κ3) is 3.62. The van der Waals surface area contributed by atoms with E-state index in [1.807, 2.05) is 30.9 Å². The summed E-state index contributed by atoms with van der Waals surface area (Å²) < 4.78 is 2.17. The average Bonchev–Trinajstić information content (AvgIpc) is 3.43. The van der Waals surface area contributed by atoms with Gasteiger partial charge in [-0.2, -0.15) is 5.26 Å². The predicted molar refractivity (Wildman–Crippen MR) is 131 cm³/mol. The second kappa shape index (κ2) is 8.98. The van der Waals surface area contributed by atoms with Gasteiger partial charge in [-0.3, -0.25) is 0 Å². The highest BCUT2D eigenvalue weighted by Gasteiger charge is 2.45. The van der Waals surface area contributed by atoms with Crippen LogP contribution in [-0.2, 0) is 5.41 Å². The van der Waals surface area contributed by atoms with Gasteiger partial charge in [0.2, 0.25) is 0 Å². The molecule has 0 aliphatic heterocycles. The van der Waals surface area contributed by atoms with Crippen LogP contribution in [0.2, 0.25) is 0 Å². The molecule has 0 bridgehead atoms. The highest BCUT2D eigenvalue weighted by molar-refractivity contribution is 5.55. The van der Waals surface area contributed by atoms with Crippen LogP contribution in [0, 0.1) is 11.3 Å². The summed E-state index contributed by atoms with van der Waals surface area (Å²) in [6.45, 7) is 0. The third-order valence-electron chi connectivity index (χ3n) is 6.28. The molecule has 3 nitrogen and oxygen atoms in total. The minimum Gasteiger partial charge on any atom is -0.328 e. The van der Waals surface area contributed by atoms with Crippen LogP contribution in [0.3, 0.4) is 0 Å². The molecule has 1 unspecified atom stereocenters. The van der Waals surface area contributed by atoms with Gasteiger partial charge in [0.1, 0.15) is 0 Å². The first-order valence-corrected chi connectivity index (χ1v) is 11.0. The lowest BCUT2D eigenvalue weighted by Gasteiger charge is -2.43. The summed E-state index contributed by atoms with van der Waals surface area (Å²) in [6, 6.07) is 42.0. The fourth-order valence-corrected chi connectivity index (χ4v) is 4.88. The van der Waals surface area contributed by atoms with E-state index in [9.17, 15) is 5.26 Å². The summed E-state index contributed by atoms with van der Waals surface area (Å²) in [5.74, 6) is 0. The lowest BCUT2D eigenvalue weighted by atomic mass is 9.63. The second-order valence-corrected chi connectivity index (χ2v) is 8.05. The van der Waals surface area contributed by atoms with Crippen LogP contribution < -0.4 is 0 Å². The molecule has 0 aliphatic carbocycles. The maximum atomic E-state index is 9.38. The Bertz CT molecular complexity index is 1240. The van der Waals surface area contributed by atoms with Crippen LogP contribution in [0.4, 0.5) is 0 Å². The molecule has 0 amide bonds. The maximum absolute atomic E-state index is 9.38. The van der Waals surface area contributed by atoms with Crippen molar-refractivity contribution in [3.05, 3.63) is 162 Å². The smallest absolute Gasteiger partial charge is 0.0991 e. The molecular weight excluding hydrogens is 402 g/mol. The molecule has 4 aromatic carbocycles. The number of hydrogen-bond acceptors (Lipinski definition) is 2. The van der Waals surface area contributed by atoms with Crippen molar-refractivity contribution in [1.82, 2.24) is 9.55 Å². The Labute approximate surface area is 194 Å². The monoisotopic (exact) mass is 425 g/mol. The lowest BCUT2D eigenvalue weighted by molar-refractivity contribution is 0.420. The van der Waals surface area contributed by atoms with Gasteiger partial charge in [-0.05, 0) is 34.4 Å². The minimum atomic E-state index is -0.543. The molecule has 33 heavy (non-hydrogen) atoms. The van der Waals surface area contributed by atoms with Crippen molar-refractivity contribution >= 4 is 0 Å². The number of nitrogens with zero attached hydrogens (tertiary/aromatic N) is 3. The number of nitriles is 1. The standard InChI is InChI=1S/C30H23N3/c31-22-24-16-18-25(19-17-24)29(33-21-20-32-23-33)30(26-10-4-1-5-11-26,27-12-6-2-7-13-27)28-14-8-3-9-15-28/h1-21,23,29H. The molecule has 158 valence electrons. The van der Waals surface area contributed by atoms with Crippen LogP contribution in [0.5, 0.6) is 0 Å². The topological polar surface area (TPSA) is 41.6 Å². The minimum absolute atomic E-state index is 0.139. The van der Waals surface area contributed by atoms with Crippen LogP contribution in [-0.4, -0.2) is 9.55 Å². The Morgan fingerprint density at radius 3 is 1.55 bits per heavy atom. The zero-order chi connectivity index (χ0) is 22.5. The van der Waals surface area contributed by atoms with E-state index < -0.39 is 5.41 Å². The molecule has 5 aromatic rings. The Morgan fingerprint density at radius 2 is 1.15 bits per heavy atom. The maximum Gasteiger partial charge on any atom is 0.0991 e. The van der Waals surface area contributed by atoms with Gasteiger partial charge in [-0.25, -0.2) is 4.98 Å². The summed E-state index contributed by atoms with van der Waals surface area (Å²) in [4.78, 5) is 4.41. The number of benzene rings is 4. The Kier molecular flexibility index (Phi) is 5.57. The van der Waals surface area contributed by atoms with Gasteiger partial charge in [-0.15, -0.1) is 0 Å². The van der Waals surface area contributed by atoms with E-state index in [0.29, 0.717) is 5.56 Å². The molecule has 1 heterocycles. The van der Waals surface area contributed by atoms with Gasteiger partial charge < -0.3 is 4.57 Å². The summed E-state index contributed by atoms with van der Waals surface area (Å²) in [5.41, 5.74) is 4.76. The highest BCUT2D eigenvalue weighted by atomic mass is 15.1. The Balaban J connectivity index is 1.91. The number of aromatic nitrogens is 2. The van der Waals surface area contributed by atoms with Gasteiger partial charge in [0.15, 0.2) is 0 Å². The summed E-state index contributed by atoms with van der Waals surface area (Å²) in [7, 11) is 0. The molecule has 1 aromatic heterocycles. The zero-order valence-electron chi connectivity index (χ0n) is 18.1. The molecule has 0 saturated carbocycles. The molecule has 0 spiro atoms. The van der Waals surface area contributed by atoms with Gasteiger partial charge in [0.25, 0.3) is 0 Å². The van der Waals surface area contributed by atoms with E-state index in [1.54, 1.807) is 0 Å². The van der Waals surface area contributed by atoms with Crippen molar-refractivity contribution in [1.29, 1.82) is 5.26 Å². The second-order valence-electron chi connectivity index (χ2n) is 8.05. The molecule has 3 heteroatoms. The first-order chi connectivity index (χ1) is 16.3. The van der Waals surface area contributed by atoms with E-state index in [2.05, 4.69) is 119 Å². The largest absolute Gasteiger partial charge is 0.328 e. The van der Waals surface area contributed by atoms with Crippen molar-refractivity contribution in [2.24, 2.45) is 0 Å². The van der Waals surface area contributed by atoms with Crippen molar-refractivity contribution in [3.63, 3.8) is 0 Å². The average molecular weight is 426 g/mol. The van der Waals surface area contributed by atoms with E-state index in [4.69, 9.17) is 0 Å². The quantitative estimate of drug-likeness (QED) is 0.296. The molecule has 0 aliphatic rings. The van der Waals surface area contributed by atoms with Crippen molar-refractivity contribution < 1.29 is 0 Å². The molecule has 1 atom stereocenters. The van der Waals surface area contributed by atoms with Crippen LogP contribution in [0.25, 0.3) is 0 Å². The van der Waals surface area contributed by atoms with Crippen molar-refractivity contribution in [2.45, 2.75) is 11.5 Å². The van der Waals surface area contributed by atoms with Crippen molar-refractivity contribution in [3.8, 4) is 6.07 Å². The molecule has 0 radical (unpaired) electrons. The van der Waals surface area contributed by atoms with Gasteiger partial charge in [-0.1, -0.05) is 103 Å². The molecule has 0 saturated heterocycles. The van der Waals surface area contributed by atoms with Crippen LogP contribution in [0.15, 0.2) is 134 Å². The van der Waals surface area contributed by atoms with Gasteiger partial charge in [0.05, 0.1) is 29.4 Å². The summed E-state index contributed by atoms with van der Waals surface area (Å²) >= 11 is 0. The number of hydrogen-bond donors (Lipinski definition) is 0. The van der Waals surface area contributed by atoms with Gasteiger partial charge >= 0.3 is 0 Å². The fraction of sp³-hybridized carbons (Fsp3) is 0.0667. The first kappa shape index (κ1) is 20.5. The number of imidazole rings is 1. The Hall–Kier alpha value is -4.42. The normalized spacial score (nSPS) is 12.1. The van der Waals surface area contributed by atoms with E-state index in [0.717, 1.165) is 5.56 Å². The van der Waals surface area contributed by atoms with Crippen LogP contribution in [0.1, 0.15) is 33.9 Å². The molecular formula is C30H23N3. The zero-order valence-corrected chi connectivity index (χ0v) is 18.1. The molecule has 0 N–H and O–H groups in total. The fourth-order valence-electron chi connectivity index (χ4n) is 4.88. The molecule has 0 fully saturated rings. The highest BCUT2D eigenvalue weighted by Crippen LogP contribution is 2.50. The summed E-state index contributed by atoms with van der Waals surface area (Å²) in [6.07, 6.45) is 5.72. The van der Waals surface area contributed by atoms with Gasteiger partial charge in [0, 0.05) is 12.4 Å².